The van der Waals surface area contributed by atoms with Gasteiger partial charge in [-0.3, -0.25) is 5.32 Å². The van der Waals surface area contributed by atoms with E-state index >= 15 is 0 Å². The minimum absolute atomic E-state index is 0.169. The zero-order valence-corrected chi connectivity index (χ0v) is 14.9. The number of hydrazone groups is 1. The number of aliphatic carboxylic acids is 1. The first-order valence-electron chi connectivity index (χ1n) is 8.62. The third-order valence-corrected chi connectivity index (χ3v) is 7.20. The van der Waals surface area contributed by atoms with E-state index in [2.05, 4.69) is 21.9 Å². The van der Waals surface area contributed by atoms with E-state index < -0.39 is 5.97 Å². The monoisotopic (exact) mass is 353 g/mol. The summed E-state index contributed by atoms with van der Waals surface area (Å²) < 4.78 is 2.18. The lowest BCUT2D eigenvalue weighted by Crippen LogP contribution is -2.30. The summed E-state index contributed by atoms with van der Waals surface area (Å²) in [6.45, 7) is 7.30. The molecule has 5 unspecified atom stereocenters. The van der Waals surface area contributed by atoms with Crippen LogP contribution in [0.3, 0.4) is 0 Å². The van der Waals surface area contributed by atoms with Crippen LogP contribution >= 0.6 is 11.8 Å². The maximum atomic E-state index is 11.9. The van der Waals surface area contributed by atoms with Crippen LogP contribution in [-0.2, 0) is 4.79 Å². The number of nitrogens with one attached hydrogen (secondary N) is 1. The van der Waals surface area contributed by atoms with E-state index in [9.17, 15) is 15.0 Å². The molecule has 0 aromatic heterocycles. The van der Waals surface area contributed by atoms with Crippen LogP contribution in [0.25, 0.3) is 0 Å². The molecular formula is C16H25N4O3S+. The highest BCUT2D eigenvalue weighted by molar-refractivity contribution is 8.03. The zero-order chi connectivity index (χ0) is 17.0. The fraction of sp³-hybridized carbons (Fsp3) is 0.750. The van der Waals surface area contributed by atoms with Gasteiger partial charge in [-0.25, -0.2) is 9.80 Å². The number of fused-ring (bicyclic) bond motifs is 2. The van der Waals surface area contributed by atoms with Crippen molar-refractivity contribution < 1.29 is 19.7 Å². The summed E-state index contributed by atoms with van der Waals surface area (Å²) in [5.41, 5.74) is 0.477. The molecule has 4 aliphatic rings. The Bertz CT molecular complexity index is 620. The van der Waals surface area contributed by atoms with Gasteiger partial charge >= 0.3 is 5.97 Å². The van der Waals surface area contributed by atoms with Crippen LogP contribution in [0, 0.1) is 11.8 Å². The maximum Gasteiger partial charge on any atom is 0.353 e. The minimum Gasteiger partial charge on any atom is -0.477 e. The lowest BCUT2D eigenvalue weighted by Gasteiger charge is -2.21. The van der Waals surface area contributed by atoms with E-state index in [1.165, 1.54) is 0 Å². The number of carboxylic acid groups (broad SMARTS) is 1. The van der Waals surface area contributed by atoms with Gasteiger partial charge < -0.3 is 15.1 Å². The number of carbonyl (C=O) groups is 1. The molecule has 7 nitrogen and oxygen atoms in total. The molecule has 0 aliphatic carbocycles. The third kappa shape index (κ3) is 2.47. The van der Waals surface area contributed by atoms with Crippen LogP contribution in [-0.4, -0.2) is 80.8 Å². The van der Waals surface area contributed by atoms with Gasteiger partial charge in [-0.15, -0.1) is 11.8 Å². The molecule has 0 saturated carbocycles. The summed E-state index contributed by atoms with van der Waals surface area (Å²) in [7, 11) is 0. The van der Waals surface area contributed by atoms with E-state index in [4.69, 9.17) is 0 Å². The fourth-order valence-corrected chi connectivity index (χ4v) is 5.94. The smallest absolute Gasteiger partial charge is 0.353 e. The molecule has 8 heteroatoms. The van der Waals surface area contributed by atoms with Gasteiger partial charge in [-0.2, -0.15) is 4.68 Å². The lowest BCUT2D eigenvalue weighted by atomic mass is 9.94. The molecule has 0 amide bonds. The van der Waals surface area contributed by atoms with Gasteiger partial charge in [0.05, 0.1) is 17.9 Å². The molecule has 0 aromatic carbocycles. The van der Waals surface area contributed by atoms with Crippen molar-refractivity contribution in [3.8, 4) is 0 Å². The Kier molecular flexibility index (Phi) is 3.91. The lowest BCUT2D eigenvalue weighted by molar-refractivity contribution is -0.653. The van der Waals surface area contributed by atoms with Gasteiger partial charge in [0.1, 0.15) is 12.2 Å². The van der Waals surface area contributed by atoms with E-state index in [0.29, 0.717) is 17.5 Å². The van der Waals surface area contributed by atoms with E-state index in [0.717, 1.165) is 31.1 Å². The molecule has 2 saturated heterocycles. The van der Waals surface area contributed by atoms with Gasteiger partial charge in [0.15, 0.2) is 6.67 Å². The molecule has 4 rings (SSSR count). The number of nitrogens with zero attached hydrogens (tertiary/aromatic N) is 3. The summed E-state index contributed by atoms with van der Waals surface area (Å²) in [5.74, 6) is -0.440. The summed E-state index contributed by atoms with van der Waals surface area (Å²) >= 11 is 1.75. The Balaban J connectivity index is 1.55. The van der Waals surface area contributed by atoms with Crippen molar-refractivity contribution in [2.24, 2.45) is 11.8 Å². The molecule has 24 heavy (non-hydrogen) atoms. The largest absolute Gasteiger partial charge is 0.477 e. The first kappa shape index (κ1) is 16.1. The molecule has 3 N–H and O–H groups in total. The van der Waals surface area contributed by atoms with Gasteiger partial charge in [0, 0.05) is 29.3 Å². The highest BCUT2D eigenvalue weighted by atomic mass is 32.2. The van der Waals surface area contributed by atoms with E-state index in [-0.39, 0.29) is 24.0 Å². The second-order valence-electron chi connectivity index (χ2n) is 7.31. The number of hydrogen-bond acceptors (Lipinski definition) is 6. The summed E-state index contributed by atoms with van der Waals surface area (Å²) in [6.07, 6.45) is 2.49. The standard InChI is InChI=1S/C16H24N4O3S/c1-9-13-3-11(10(2)21)4-20(13)14(16(22)23)15(9)24-12-5-18-7-17-8-19(18)6-12/h7,9-13,21H,3-6,8H2,1-2H3,(H,22,23)/p+1. The molecule has 4 aliphatic heterocycles. The van der Waals surface area contributed by atoms with Crippen LogP contribution in [0.15, 0.2) is 10.6 Å². The first-order chi connectivity index (χ1) is 11.5. The predicted molar refractivity (Wildman–Crippen MR) is 91.4 cm³/mol. The molecule has 5 atom stereocenters. The Morgan fingerprint density at radius 1 is 1.50 bits per heavy atom. The van der Waals surface area contributed by atoms with Crippen molar-refractivity contribution in [2.75, 3.05) is 26.3 Å². The van der Waals surface area contributed by atoms with E-state index in [1.54, 1.807) is 11.8 Å². The minimum atomic E-state index is -0.829. The molecule has 0 spiro atoms. The predicted octanol–water partition coefficient (Wildman–Crippen LogP) is -0.0625. The maximum absolute atomic E-state index is 11.9. The average Bonchev–Trinajstić information content (AvgIpc) is 3.21. The van der Waals surface area contributed by atoms with Gasteiger partial charge in [-0.05, 0) is 13.3 Å². The second-order valence-corrected chi connectivity index (χ2v) is 8.65. The summed E-state index contributed by atoms with van der Waals surface area (Å²) in [5, 5.41) is 25.5. The number of aliphatic hydroxyl groups is 1. The summed E-state index contributed by atoms with van der Waals surface area (Å²) in [6, 6.07) is 0.216. The van der Waals surface area contributed by atoms with Crippen LogP contribution in [0.1, 0.15) is 20.3 Å². The van der Waals surface area contributed by atoms with Crippen LogP contribution in [0.5, 0.6) is 0 Å². The highest BCUT2D eigenvalue weighted by Gasteiger charge is 2.49. The zero-order valence-electron chi connectivity index (χ0n) is 14.1. The Hall–Kier alpha value is -1.41. The quantitative estimate of drug-likeness (QED) is 0.611. The van der Waals surface area contributed by atoms with Gasteiger partial charge in [0.25, 0.3) is 6.34 Å². The number of aliphatic hydroxyl groups excluding tert-OH is 1. The summed E-state index contributed by atoms with van der Waals surface area (Å²) in [4.78, 5) is 15.0. The van der Waals surface area contributed by atoms with Crippen LogP contribution in [0.4, 0.5) is 0 Å². The Morgan fingerprint density at radius 3 is 2.96 bits per heavy atom. The van der Waals surface area contributed by atoms with Gasteiger partial charge in [-0.1, -0.05) is 6.92 Å². The third-order valence-electron chi connectivity index (χ3n) is 5.75. The first-order valence-corrected chi connectivity index (χ1v) is 9.50. The number of hydrogen-bond donors (Lipinski definition) is 3. The molecular weight excluding hydrogens is 328 g/mol. The average molecular weight is 353 g/mol. The number of rotatable bonds is 4. The molecule has 0 bridgehead atoms. The molecule has 2 fully saturated rings. The molecule has 132 valence electrons. The van der Waals surface area contributed by atoms with E-state index in [1.807, 2.05) is 18.2 Å². The second kappa shape index (κ2) is 5.84. The van der Waals surface area contributed by atoms with Crippen molar-refractivity contribution in [3.63, 3.8) is 0 Å². The number of thioether (sulfide) groups is 1. The molecule has 0 aromatic rings. The number of carboxylic acids is 1. The SMILES string of the molecule is CC(O)C1CC2C(C)C(SC3CN4CNC=[N+]4C3)=C(C(=O)O)N2C1. The van der Waals surface area contributed by atoms with Crippen molar-refractivity contribution in [2.45, 2.75) is 37.7 Å². The van der Waals surface area contributed by atoms with Crippen molar-refractivity contribution in [1.29, 1.82) is 0 Å². The Labute approximate surface area is 146 Å². The van der Waals surface area contributed by atoms with Crippen LogP contribution in [0.2, 0.25) is 0 Å². The number of hydrazine groups is 1. The van der Waals surface area contributed by atoms with Crippen LogP contribution < -0.4 is 5.32 Å². The van der Waals surface area contributed by atoms with Crippen molar-refractivity contribution in [1.82, 2.24) is 15.2 Å². The fourth-order valence-electron chi connectivity index (χ4n) is 4.42. The topological polar surface area (TPSA) is 79.0 Å². The Morgan fingerprint density at radius 2 is 2.29 bits per heavy atom. The molecule has 0 radical (unpaired) electrons. The van der Waals surface area contributed by atoms with Gasteiger partial charge in [0.2, 0.25) is 0 Å². The normalized spacial score (nSPS) is 35.9. The highest BCUT2D eigenvalue weighted by Crippen LogP contribution is 2.48. The van der Waals surface area contributed by atoms with Crippen molar-refractivity contribution >= 4 is 24.1 Å². The van der Waals surface area contributed by atoms with Crippen molar-refractivity contribution in [3.05, 3.63) is 10.6 Å². The molecule has 4 heterocycles.